The van der Waals surface area contributed by atoms with Crippen molar-refractivity contribution in [2.24, 2.45) is 0 Å². The highest BCUT2D eigenvalue weighted by molar-refractivity contribution is 8.00. The normalized spacial score (nSPS) is 12.0. The first-order valence-corrected chi connectivity index (χ1v) is 11.7. The lowest BCUT2D eigenvalue weighted by Crippen LogP contribution is -2.24. The van der Waals surface area contributed by atoms with Crippen molar-refractivity contribution in [1.29, 1.82) is 0 Å². The van der Waals surface area contributed by atoms with Crippen LogP contribution >= 0.6 is 23.4 Å². The number of halogens is 4. The van der Waals surface area contributed by atoms with Crippen molar-refractivity contribution >= 4 is 46.6 Å². The van der Waals surface area contributed by atoms with Gasteiger partial charge in [0.1, 0.15) is 0 Å². The molecule has 1 unspecified atom stereocenters. The van der Waals surface area contributed by atoms with E-state index >= 15 is 0 Å². The Morgan fingerprint density at radius 2 is 1.67 bits per heavy atom. The van der Waals surface area contributed by atoms with Crippen molar-refractivity contribution in [3.63, 3.8) is 0 Å². The zero-order valence-electron chi connectivity index (χ0n) is 19.4. The molecule has 2 amide bonds. The van der Waals surface area contributed by atoms with Gasteiger partial charge >= 0.3 is 6.18 Å². The number of hydrogen-bond acceptors (Lipinski definition) is 5. The summed E-state index contributed by atoms with van der Waals surface area (Å²) in [7, 11) is 2.96. The largest absolute Gasteiger partial charge is 0.493 e. The minimum atomic E-state index is -4.68. The Bertz CT molecular complexity index is 1270. The molecule has 0 saturated carbocycles. The second-order valence-corrected chi connectivity index (χ2v) is 9.34. The van der Waals surface area contributed by atoms with Crippen LogP contribution in [-0.2, 0) is 11.0 Å². The molecule has 3 rings (SSSR count). The molecule has 190 valence electrons. The van der Waals surface area contributed by atoms with E-state index in [9.17, 15) is 22.8 Å². The predicted octanol–water partition coefficient (Wildman–Crippen LogP) is 6.75. The minimum Gasteiger partial charge on any atom is -0.493 e. The molecular formula is C25H22ClF3N2O4S. The number of amides is 2. The minimum absolute atomic E-state index is 0.0882. The fraction of sp³-hybridized carbons (Fsp3) is 0.200. The van der Waals surface area contributed by atoms with Gasteiger partial charge in [0.15, 0.2) is 11.5 Å². The lowest BCUT2D eigenvalue weighted by Gasteiger charge is -2.17. The summed E-state index contributed by atoms with van der Waals surface area (Å²) >= 11 is 6.82. The van der Waals surface area contributed by atoms with E-state index in [4.69, 9.17) is 21.1 Å². The first-order valence-electron chi connectivity index (χ1n) is 10.5. The first kappa shape index (κ1) is 27.2. The third-order valence-electron chi connectivity index (χ3n) is 4.96. The van der Waals surface area contributed by atoms with Crippen molar-refractivity contribution in [2.45, 2.75) is 23.2 Å². The number of benzene rings is 3. The average Bonchev–Trinajstić information content (AvgIpc) is 2.84. The molecule has 3 aromatic rings. The van der Waals surface area contributed by atoms with Gasteiger partial charge in [-0.25, -0.2) is 0 Å². The van der Waals surface area contributed by atoms with Crippen LogP contribution < -0.4 is 20.1 Å². The maximum absolute atomic E-state index is 13.3. The van der Waals surface area contributed by atoms with Gasteiger partial charge in [-0.3, -0.25) is 9.59 Å². The number of thioether (sulfide) groups is 1. The van der Waals surface area contributed by atoms with Gasteiger partial charge in [0.2, 0.25) is 5.91 Å². The molecule has 0 heterocycles. The molecule has 1 atom stereocenters. The summed E-state index contributed by atoms with van der Waals surface area (Å²) in [6.45, 7) is 1.57. The molecule has 0 aliphatic heterocycles. The molecule has 36 heavy (non-hydrogen) atoms. The number of hydrogen-bond donors (Lipinski definition) is 2. The number of methoxy groups -OCH3 is 2. The van der Waals surface area contributed by atoms with Crippen LogP contribution in [0.25, 0.3) is 0 Å². The lowest BCUT2D eigenvalue weighted by atomic mass is 10.1. The average molecular weight is 539 g/mol. The van der Waals surface area contributed by atoms with Crippen LogP contribution in [0.15, 0.2) is 65.6 Å². The second kappa shape index (κ2) is 11.6. The van der Waals surface area contributed by atoms with E-state index in [1.807, 2.05) is 0 Å². The number of carbonyl (C=O) groups excluding carboxylic acids is 2. The molecule has 0 saturated heterocycles. The van der Waals surface area contributed by atoms with Crippen LogP contribution in [-0.4, -0.2) is 31.3 Å². The molecule has 11 heteroatoms. The van der Waals surface area contributed by atoms with Crippen LogP contribution in [0, 0.1) is 0 Å². The van der Waals surface area contributed by atoms with Gasteiger partial charge < -0.3 is 20.1 Å². The number of ether oxygens (including phenoxy) is 2. The molecule has 3 aromatic carbocycles. The number of carbonyl (C=O) groups is 2. The lowest BCUT2D eigenvalue weighted by molar-refractivity contribution is -0.137. The predicted molar refractivity (Wildman–Crippen MR) is 134 cm³/mol. The monoisotopic (exact) mass is 538 g/mol. The van der Waals surface area contributed by atoms with E-state index in [0.29, 0.717) is 27.6 Å². The van der Waals surface area contributed by atoms with E-state index in [0.717, 1.165) is 23.9 Å². The summed E-state index contributed by atoms with van der Waals surface area (Å²) in [5.74, 6) is -0.108. The first-order chi connectivity index (χ1) is 17.0. The van der Waals surface area contributed by atoms with Crippen molar-refractivity contribution in [1.82, 2.24) is 0 Å². The van der Waals surface area contributed by atoms with Gasteiger partial charge in [-0.05, 0) is 61.5 Å². The SMILES string of the molecule is COc1ccc(C(=O)Nc2cccc(SC(C)C(=O)Nc3ccc(Cl)cc3C(F)(F)F)c2)cc1OC. The summed E-state index contributed by atoms with van der Waals surface area (Å²) in [5.41, 5.74) is -0.577. The van der Waals surface area contributed by atoms with Gasteiger partial charge in [0.05, 0.1) is 30.7 Å². The standard InChI is InChI=1S/C25H22ClF3N2O4S/c1-14(23(32)31-20-9-8-16(26)12-19(20)25(27,28)29)36-18-6-4-5-17(13-18)30-24(33)15-7-10-21(34-2)22(11-15)35-3/h4-14H,1-3H3,(H,30,33)(H,31,32). The summed E-state index contributed by atoms with van der Waals surface area (Å²) in [6.07, 6.45) is -4.68. The molecule has 2 N–H and O–H groups in total. The maximum atomic E-state index is 13.3. The quantitative estimate of drug-likeness (QED) is 0.310. The van der Waals surface area contributed by atoms with Crippen molar-refractivity contribution in [3.8, 4) is 11.5 Å². The van der Waals surface area contributed by atoms with Gasteiger partial charge in [0, 0.05) is 21.2 Å². The van der Waals surface area contributed by atoms with Crippen LogP contribution in [0.5, 0.6) is 11.5 Å². The fourth-order valence-corrected chi connectivity index (χ4v) is 4.28. The van der Waals surface area contributed by atoms with Crippen LogP contribution in [0.2, 0.25) is 5.02 Å². The molecular weight excluding hydrogens is 517 g/mol. The molecule has 0 fully saturated rings. The molecule has 0 aromatic heterocycles. The van der Waals surface area contributed by atoms with E-state index in [2.05, 4.69) is 10.6 Å². The summed E-state index contributed by atoms with van der Waals surface area (Å²) in [6, 6.07) is 14.7. The molecule has 0 spiro atoms. The highest BCUT2D eigenvalue weighted by Gasteiger charge is 2.34. The topological polar surface area (TPSA) is 76.7 Å². The third kappa shape index (κ3) is 6.86. The highest BCUT2D eigenvalue weighted by Crippen LogP contribution is 2.37. The third-order valence-corrected chi connectivity index (χ3v) is 6.29. The highest BCUT2D eigenvalue weighted by atomic mass is 35.5. The Morgan fingerprint density at radius 1 is 0.944 bits per heavy atom. The summed E-state index contributed by atoms with van der Waals surface area (Å²) < 4.78 is 50.3. The Hall–Kier alpha value is -3.37. The molecule has 6 nitrogen and oxygen atoms in total. The second-order valence-electron chi connectivity index (χ2n) is 7.49. The molecule has 0 aliphatic carbocycles. The summed E-state index contributed by atoms with van der Waals surface area (Å²) in [4.78, 5) is 25.9. The van der Waals surface area contributed by atoms with Crippen molar-refractivity contribution in [3.05, 3.63) is 76.8 Å². The van der Waals surface area contributed by atoms with Crippen molar-refractivity contribution in [2.75, 3.05) is 24.9 Å². The fourth-order valence-electron chi connectivity index (χ4n) is 3.18. The van der Waals surface area contributed by atoms with Crippen LogP contribution in [0.1, 0.15) is 22.8 Å². The van der Waals surface area contributed by atoms with Crippen LogP contribution in [0.4, 0.5) is 24.5 Å². The molecule has 0 bridgehead atoms. The smallest absolute Gasteiger partial charge is 0.418 e. The number of nitrogens with one attached hydrogen (secondary N) is 2. The van der Waals surface area contributed by atoms with Gasteiger partial charge in [0.25, 0.3) is 5.91 Å². The Balaban J connectivity index is 1.69. The van der Waals surface area contributed by atoms with Gasteiger partial charge in [-0.15, -0.1) is 11.8 Å². The van der Waals surface area contributed by atoms with E-state index < -0.39 is 22.9 Å². The van der Waals surface area contributed by atoms with Crippen LogP contribution in [0.3, 0.4) is 0 Å². The Labute approximate surface area is 215 Å². The van der Waals surface area contributed by atoms with Gasteiger partial charge in [-0.2, -0.15) is 13.2 Å². The van der Waals surface area contributed by atoms with E-state index in [-0.39, 0.29) is 16.6 Å². The number of rotatable bonds is 8. The molecule has 0 aliphatic rings. The number of alkyl halides is 3. The maximum Gasteiger partial charge on any atom is 0.418 e. The Morgan fingerprint density at radius 3 is 2.33 bits per heavy atom. The zero-order chi connectivity index (χ0) is 26.5. The van der Waals surface area contributed by atoms with E-state index in [1.54, 1.807) is 49.4 Å². The zero-order valence-corrected chi connectivity index (χ0v) is 21.0. The Kier molecular flexibility index (Phi) is 8.75. The number of anilines is 2. The molecule has 0 radical (unpaired) electrons. The van der Waals surface area contributed by atoms with Crippen molar-refractivity contribution < 1.29 is 32.2 Å². The summed E-state index contributed by atoms with van der Waals surface area (Å²) in [5, 5.41) is 4.27. The van der Waals surface area contributed by atoms with Gasteiger partial charge in [-0.1, -0.05) is 17.7 Å². The van der Waals surface area contributed by atoms with E-state index in [1.165, 1.54) is 20.3 Å².